The van der Waals surface area contributed by atoms with E-state index >= 15 is 0 Å². The molecule has 0 aliphatic heterocycles. The molecule has 0 amide bonds. The number of pyridine rings is 1. The van der Waals surface area contributed by atoms with Gasteiger partial charge in [-0.05, 0) is 50.5 Å². The van der Waals surface area contributed by atoms with Crippen LogP contribution >= 0.6 is 0 Å². The second kappa shape index (κ2) is 11.2. The van der Waals surface area contributed by atoms with Crippen LogP contribution in [0.2, 0.25) is 0 Å². The Bertz CT molecular complexity index is 431. The van der Waals surface area contributed by atoms with E-state index in [4.69, 9.17) is 0 Å². The summed E-state index contributed by atoms with van der Waals surface area (Å²) in [6.07, 6.45) is 1.86. The molecule has 2 rings (SSSR count). The topological polar surface area (TPSA) is 17.3 Å². The van der Waals surface area contributed by atoms with Gasteiger partial charge in [-0.2, -0.15) is 5.10 Å². The maximum atomic E-state index is 4.30. The fourth-order valence-electron chi connectivity index (χ4n) is 1.76. The van der Waals surface area contributed by atoms with Crippen molar-refractivity contribution in [3.8, 4) is 0 Å². The van der Waals surface area contributed by atoms with Crippen LogP contribution in [-0.2, 0) is 21.1 Å². The molecular formula is C16H30N2W. The molecule has 19 heavy (non-hydrogen) atoms. The molecule has 0 spiro atoms. The Morgan fingerprint density at radius 2 is 1.37 bits per heavy atom. The van der Waals surface area contributed by atoms with Crippen molar-refractivity contribution < 1.29 is 21.1 Å². The van der Waals surface area contributed by atoms with Crippen LogP contribution in [0.15, 0.2) is 12.3 Å². The quantitative estimate of drug-likeness (QED) is 0.526. The molecular weight excluding hydrogens is 404 g/mol. The van der Waals surface area contributed by atoms with Crippen molar-refractivity contribution in [3.05, 3.63) is 49.5 Å². The number of hydrogen-bond donors (Lipinski definition) is 0. The van der Waals surface area contributed by atoms with Gasteiger partial charge in [-0.1, -0.05) is 21.3 Å². The summed E-state index contributed by atoms with van der Waals surface area (Å²) in [5, 5.41) is 4.30. The van der Waals surface area contributed by atoms with Crippen LogP contribution in [0.3, 0.4) is 0 Å². The second-order valence-corrected chi connectivity index (χ2v) is 3.59. The van der Waals surface area contributed by atoms with Crippen molar-refractivity contribution in [2.75, 3.05) is 0 Å². The average Bonchev–Trinajstić information content (AvgIpc) is 2.75. The summed E-state index contributed by atoms with van der Waals surface area (Å²) >= 11 is 0. The van der Waals surface area contributed by atoms with E-state index in [1.807, 2.05) is 24.6 Å². The van der Waals surface area contributed by atoms with E-state index in [0.717, 1.165) is 0 Å². The van der Waals surface area contributed by atoms with E-state index in [1.165, 1.54) is 27.9 Å². The van der Waals surface area contributed by atoms with E-state index in [-0.39, 0.29) is 43.3 Å². The van der Waals surface area contributed by atoms with E-state index in [0.29, 0.717) is 0 Å². The zero-order valence-electron chi connectivity index (χ0n) is 13.0. The zero-order chi connectivity index (χ0) is 11.6. The summed E-state index contributed by atoms with van der Waals surface area (Å²) in [5.74, 6) is 0. The molecule has 0 N–H and O–H groups in total. The zero-order valence-corrected chi connectivity index (χ0v) is 15.9. The third kappa shape index (κ3) is 4.76. The van der Waals surface area contributed by atoms with Crippen molar-refractivity contribution >= 4 is 5.52 Å². The molecule has 0 radical (unpaired) electrons. The van der Waals surface area contributed by atoms with Crippen LogP contribution in [0, 0.1) is 42.5 Å². The second-order valence-electron chi connectivity index (χ2n) is 3.59. The Morgan fingerprint density at radius 3 is 1.84 bits per heavy atom. The molecule has 2 aromatic heterocycles. The largest absolute Gasteiger partial charge is 2.00 e. The molecule has 0 saturated heterocycles. The predicted molar refractivity (Wildman–Crippen MR) is 85.0 cm³/mol. The van der Waals surface area contributed by atoms with Gasteiger partial charge in [0, 0.05) is 11.9 Å². The molecule has 0 aliphatic carbocycles. The molecule has 0 aromatic carbocycles. The van der Waals surface area contributed by atoms with Gasteiger partial charge in [-0.15, -0.1) is 0 Å². The van der Waals surface area contributed by atoms with Gasteiger partial charge >= 0.3 is 21.1 Å². The van der Waals surface area contributed by atoms with Gasteiger partial charge in [0.05, 0.1) is 5.52 Å². The van der Waals surface area contributed by atoms with Crippen molar-refractivity contribution in [3.63, 3.8) is 0 Å². The SMILES string of the molecule is C.CC.Cc1c(C)c(C)n2nccc2c1C.[CH3-].[CH3-].[W+2]. The fourth-order valence-corrected chi connectivity index (χ4v) is 1.76. The molecule has 2 heterocycles. The maximum Gasteiger partial charge on any atom is 2.00 e. The number of hydrogen-bond acceptors (Lipinski definition) is 1. The Hall–Kier alpha value is -0.622. The Labute approximate surface area is 134 Å². The number of nitrogens with zero attached hydrogens (tertiary/aromatic N) is 2. The predicted octanol–water partition coefficient (Wildman–Crippen LogP) is 5.13. The van der Waals surface area contributed by atoms with Crippen molar-refractivity contribution in [2.24, 2.45) is 0 Å². The van der Waals surface area contributed by atoms with Gasteiger partial charge in [0.25, 0.3) is 0 Å². The van der Waals surface area contributed by atoms with Gasteiger partial charge in [0.2, 0.25) is 0 Å². The molecule has 0 aliphatic rings. The number of aromatic nitrogens is 2. The van der Waals surface area contributed by atoms with Crippen molar-refractivity contribution in [1.82, 2.24) is 9.61 Å². The molecule has 2 aromatic rings. The molecule has 2 nitrogen and oxygen atoms in total. The van der Waals surface area contributed by atoms with Gasteiger partial charge in [0.1, 0.15) is 0 Å². The summed E-state index contributed by atoms with van der Waals surface area (Å²) in [5.41, 5.74) is 6.52. The first-order chi connectivity index (χ1) is 7.13. The van der Waals surface area contributed by atoms with E-state index in [2.05, 4.69) is 38.9 Å². The minimum absolute atomic E-state index is 0. The Balaban J connectivity index is -0.000000179. The van der Waals surface area contributed by atoms with Crippen LogP contribution in [0.25, 0.3) is 5.52 Å². The normalized spacial score (nSPS) is 7.89. The number of fused-ring (bicyclic) bond motifs is 1. The molecule has 3 heteroatoms. The van der Waals surface area contributed by atoms with E-state index < -0.39 is 0 Å². The first-order valence-corrected chi connectivity index (χ1v) is 5.53. The van der Waals surface area contributed by atoms with Crippen LogP contribution < -0.4 is 0 Å². The van der Waals surface area contributed by atoms with Gasteiger partial charge in [-0.25, -0.2) is 4.52 Å². The maximum absolute atomic E-state index is 4.30. The first kappa shape index (κ1) is 26.8. The molecule has 0 atom stereocenters. The molecule has 0 unspecified atom stereocenters. The summed E-state index contributed by atoms with van der Waals surface area (Å²) in [6.45, 7) is 12.6. The minimum atomic E-state index is 0. The average molecular weight is 434 g/mol. The molecule has 0 bridgehead atoms. The van der Waals surface area contributed by atoms with Gasteiger partial charge < -0.3 is 14.9 Å². The van der Waals surface area contributed by atoms with Gasteiger partial charge in [0.15, 0.2) is 0 Å². The smallest absolute Gasteiger partial charge is 0.358 e. The van der Waals surface area contributed by atoms with Crippen LogP contribution in [0.1, 0.15) is 43.7 Å². The molecule has 110 valence electrons. The third-order valence-electron chi connectivity index (χ3n) is 3.01. The van der Waals surface area contributed by atoms with Crippen LogP contribution in [-0.4, -0.2) is 9.61 Å². The third-order valence-corrected chi connectivity index (χ3v) is 3.01. The van der Waals surface area contributed by atoms with Crippen LogP contribution in [0.5, 0.6) is 0 Å². The standard InChI is InChI=1S/C11H14N2.C2H6.CH4.2CH3.W/c1-7-8(2)10(4)13-11(9(7)3)5-6-12-13;1-2;;;;/h5-6H,1-4H3;1-2H3;1H4;2*1H3;/q;;;2*-1;+2. The Morgan fingerprint density at radius 1 is 0.895 bits per heavy atom. The van der Waals surface area contributed by atoms with E-state index in [1.54, 1.807) is 0 Å². The molecule has 0 fully saturated rings. The minimum Gasteiger partial charge on any atom is -0.358 e. The molecule has 0 saturated carbocycles. The van der Waals surface area contributed by atoms with Crippen molar-refractivity contribution in [1.29, 1.82) is 0 Å². The number of aryl methyl sites for hydroxylation is 2. The summed E-state index contributed by atoms with van der Waals surface area (Å²) < 4.78 is 2.01. The van der Waals surface area contributed by atoms with E-state index in [9.17, 15) is 0 Å². The summed E-state index contributed by atoms with van der Waals surface area (Å²) in [7, 11) is 0. The van der Waals surface area contributed by atoms with Crippen LogP contribution in [0.4, 0.5) is 0 Å². The number of rotatable bonds is 0. The summed E-state index contributed by atoms with van der Waals surface area (Å²) in [4.78, 5) is 0. The first-order valence-electron chi connectivity index (χ1n) is 5.53. The van der Waals surface area contributed by atoms with Crippen molar-refractivity contribution in [2.45, 2.75) is 49.0 Å². The monoisotopic (exact) mass is 434 g/mol. The fraction of sp³-hybridized carbons (Fsp3) is 0.438. The Kier molecular flexibility index (Phi) is 15.9. The van der Waals surface area contributed by atoms with Gasteiger partial charge in [-0.3, -0.25) is 0 Å². The summed E-state index contributed by atoms with van der Waals surface area (Å²) in [6, 6.07) is 2.06.